The number of carbonyl (C=O) groups excluding carboxylic acids is 1. The zero-order chi connectivity index (χ0) is 24.9. The van der Waals surface area contributed by atoms with Crippen molar-refractivity contribution in [3.8, 4) is 17.6 Å². The molecule has 0 radical (unpaired) electrons. The summed E-state index contributed by atoms with van der Waals surface area (Å²) >= 11 is 0. The molecule has 3 aromatic rings. The number of nitriles is 1. The number of amides is 1. The molecule has 0 aliphatic rings. The number of halogens is 3. The smallest absolute Gasteiger partial charge is 0.416 e. The maximum absolute atomic E-state index is 12.8. The summed E-state index contributed by atoms with van der Waals surface area (Å²) in [7, 11) is 0. The Labute approximate surface area is 191 Å². The molecular weight excluding hydrogens is 451 g/mol. The Morgan fingerprint density at radius 3 is 2.41 bits per heavy atom. The van der Waals surface area contributed by atoms with E-state index < -0.39 is 28.3 Å². The molecule has 10 heteroatoms. The SMILES string of the molecule is Cc1cccc(NC(=O)/C(C#N)=C\c2ccc(Oc3ccc(C(F)(F)F)cc3[N+](=O)[O-])cc2)c1. The van der Waals surface area contributed by atoms with Crippen LogP contribution in [-0.4, -0.2) is 10.8 Å². The molecule has 0 atom stereocenters. The first-order valence-electron chi connectivity index (χ1n) is 9.70. The molecule has 7 nitrogen and oxygen atoms in total. The molecule has 0 aliphatic carbocycles. The first-order valence-corrected chi connectivity index (χ1v) is 9.70. The third-order valence-corrected chi connectivity index (χ3v) is 4.54. The van der Waals surface area contributed by atoms with E-state index >= 15 is 0 Å². The fourth-order valence-corrected chi connectivity index (χ4v) is 2.92. The lowest BCUT2D eigenvalue weighted by atomic mass is 10.1. The van der Waals surface area contributed by atoms with Gasteiger partial charge in [-0.2, -0.15) is 18.4 Å². The van der Waals surface area contributed by atoms with Crippen molar-refractivity contribution in [1.82, 2.24) is 0 Å². The predicted molar refractivity (Wildman–Crippen MR) is 118 cm³/mol. The van der Waals surface area contributed by atoms with Gasteiger partial charge in [-0.3, -0.25) is 14.9 Å². The molecule has 0 heterocycles. The van der Waals surface area contributed by atoms with Gasteiger partial charge in [0.15, 0.2) is 0 Å². The highest BCUT2D eigenvalue weighted by Gasteiger charge is 2.33. The molecule has 0 unspecified atom stereocenters. The van der Waals surface area contributed by atoms with E-state index in [1.54, 1.807) is 18.2 Å². The number of carbonyl (C=O) groups is 1. The first kappa shape index (κ1) is 24.0. The van der Waals surface area contributed by atoms with Gasteiger partial charge in [-0.25, -0.2) is 0 Å². The maximum atomic E-state index is 12.8. The Kier molecular flexibility index (Phi) is 6.97. The molecule has 3 rings (SSSR count). The molecule has 1 amide bonds. The molecule has 0 bridgehead atoms. The number of ether oxygens (including phenoxy) is 1. The van der Waals surface area contributed by atoms with E-state index in [0.29, 0.717) is 23.4 Å². The van der Waals surface area contributed by atoms with Crippen molar-refractivity contribution in [2.75, 3.05) is 5.32 Å². The second kappa shape index (κ2) is 9.87. The van der Waals surface area contributed by atoms with Crippen molar-refractivity contribution in [3.05, 3.63) is 99.1 Å². The Hall–Kier alpha value is -4.65. The van der Waals surface area contributed by atoms with E-state index in [0.717, 1.165) is 11.6 Å². The molecular formula is C24H16F3N3O4. The van der Waals surface area contributed by atoms with E-state index in [1.807, 2.05) is 19.1 Å². The highest BCUT2D eigenvalue weighted by atomic mass is 19.4. The summed E-state index contributed by atoms with van der Waals surface area (Å²) in [4.78, 5) is 22.6. The fraction of sp³-hybridized carbons (Fsp3) is 0.0833. The Morgan fingerprint density at radius 1 is 1.12 bits per heavy atom. The number of nitro benzene ring substituents is 1. The monoisotopic (exact) mass is 467 g/mol. The molecule has 0 saturated heterocycles. The quantitative estimate of drug-likeness (QED) is 0.199. The highest BCUT2D eigenvalue weighted by Crippen LogP contribution is 2.37. The van der Waals surface area contributed by atoms with Crippen molar-refractivity contribution in [1.29, 1.82) is 5.26 Å². The summed E-state index contributed by atoms with van der Waals surface area (Å²) in [6, 6.07) is 16.6. The molecule has 0 aromatic heterocycles. The number of nitrogens with zero attached hydrogens (tertiary/aromatic N) is 2. The Bertz CT molecular complexity index is 1310. The van der Waals surface area contributed by atoms with Gasteiger partial charge in [0.2, 0.25) is 5.75 Å². The standard InChI is InChI=1S/C24H16F3N3O4/c1-15-3-2-4-19(11-15)29-23(31)17(14-28)12-16-5-8-20(9-6-16)34-22-10-7-18(24(25,26)27)13-21(22)30(32)33/h2-13H,1H3,(H,29,31)/b17-12-. The van der Waals surface area contributed by atoms with Crippen molar-refractivity contribution in [3.63, 3.8) is 0 Å². The van der Waals surface area contributed by atoms with Gasteiger partial charge >= 0.3 is 11.9 Å². The number of hydrogen-bond donors (Lipinski definition) is 1. The van der Waals surface area contributed by atoms with Crippen LogP contribution in [0.15, 0.2) is 72.3 Å². The zero-order valence-corrected chi connectivity index (χ0v) is 17.6. The largest absolute Gasteiger partial charge is 0.450 e. The second-order valence-corrected chi connectivity index (χ2v) is 7.10. The van der Waals surface area contributed by atoms with E-state index in [2.05, 4.69) is 5.32 Å². The number of alkyl halides is 3. The lowest BCUT2D eigenvalue weighted by Crippen LogP contribution is -2.13. The molecule has 0 fully saturated rings. The van der Waals surface area contributed by atoms with Gasteiger partial charge in [0.25, 0.3) is 5.91 Å². The lowest BCUT2D eigenvalue weighted by Gasteiger charge is -2.10. The van der Waals surface area contributed by atoms with Crippen molar-refractivity contribution >= 4 is 23.4 Å². The van der Waals surface area contributed by atoms with Gasteiger partial charge in [-0.15, -0.1) is 0 Å². The minimum Gasteiger partial charge on any atom is -0.450 e. The third kappa shape index (κ3) is 5.98. The number of aryl methyl sites for hydroxylation is 1. The average Bonchev–Trinajstić information content (AvgIpc) is 2.77. The van der Waals surface area contributed by atoms with Crippen LogP contribution in [0.25, 0.3) is 6.08 Å². The molecule has 34 heavy (non-hydrogen) atoms. The number of benzene rings is 3. The van der Waals surface area contributed by atoms with Gasteiger partial charge < -0.3 is 10.1 Å². The van der Waals surface area contributed by atoms with Gasteiger partial charge in [0.05, 0.1) is 10.5 Å². The van der Waals surface area contributed by atoms with Crippen LogP contribution < -0.4 is 10.1 Å². The van der Waals surface area contributed by atoms with Gasteiger partial charge in [0.1, 0.15) is 17.4 Å². The molecule has 0 spiro atoms. The number of nitro groups is 1. The molecule has 0 aliphatic heterocycles. The predicted octanol–water partition coefficient (Wildman–Crippen LogP) is 6.26. The number of nitrogens with one attached hydrogen (secondary N) is 1. The number of anilines is 1. The fourth-order valence-electron chi connectivity index (χ4n) is 2.92. The zero-order valence-electron chi connectivity index (χ0n) is 17.6. The van der Waals surface area contributed by atoms with Crippen LogP contribution in [0.3, 0.4) is 0 Å². The number of hydrogen-bond acceptors (Lipinski definition) is 5. The van der Waals surface area contributed by atoms with Crippen LogP contribution in [0.4, 0.5) is 24.5 Å². The summed E-state index contributed by atoms with van der Waals surface area (Å²) in [5, 5.41) is 23.2. The minimum absolute atomic E-state index is 0.114. The lowest BCUT2D eigenvalue weighted by molar-refractivity contribution is -0.385. The Morgan fingerprint density at radius 2 is 1.82 bits per heavy atom. The minimum atomic E-state index is -4.73. The van der Waals surface area contributed by atoms with Crippen LogP contribution in [0.2, 0.25) is 0 Å². The van der Waals surface area contributed by atoms with E-state index in [1.165, 1.54) is 30.3 Å². The van der Waals surface area contributed by atoms with Gasteiger partial charge in [-0.05, 0) is 60.5 Å². The van der Waals surface area contributed by atoms with Gasteiger partial charge in [-0.1, -0.05) is 24.3 Å². The summed E-state index contributed by atoms with van der Waals surface area (Å²) < 4.78 is 43.9. The molecule has 172 valence electrons. The molecule has 0 saturated carbocycles. The van der Waals surface area contributed by atoms with E-state index in [-0.39, 0.29) is 17.1 Å². The highest BCUT2D eigenvalue weighted by molar-refractivity contribution is 6.09. The van der Waals surface area contributed by atoms with Crippen molar-refractivity contribution < 1.29 is 27.6 Å². The normalized spacial score (nSPS) is 11.4. The third-order valence-electron chi connectivity index (χ3n) is 4.54. The van der Waals surface area contributed by atoms with Crippen LogP contribution in [0, 0.1) is 28.4 Å². The number of rotatable bonds is 6. The molecule has 1 N–H and O–H groups in total. The second-order valence-electron chi connectivity index (χ2n) is 7.10. The van der Waals surface area contributed by atoms with Crippen LogP contribution in [0.5, 0.6) is 11.5 Å². The first-order chi connectivity index (χ1) is 16.1. The summed E-state index contributed by atoms with van der Waals surface area (Å²) in [5.74, 6) is -0.854. The summed E-state index contributed by atoms with van der Waals surface area (Å²) in [5.41, 5.74) is -0.227. The average molecular weight is 467 g/mol. The summed E-state index contributed by atoms with van der Waals surface area (Å²) in [6.45, 7) is 1.86. The Balaban J connectivity index is 1.78. The summed E-state index contributed by atoms with van der Waals surface area (Å²) in [6.07, 6.45) is -3.39. The van der Waals surface area contributed by atoms with Gasteiger partial charge in [0, 0.05) is 11.8 Å². The van der Waals surface area contributed by atoms with Crippen LogP contribution >= 0.6 is 0 Å². The van der Waals surface area contributed by atoms with E-state index in [4.69, 9.17) is 4.74 Å². The van der Waals surface area contributed by atoms with Crippen molar-refractivity contribution in [2.24, 2.45) is 0 Å². The van der Waals surface area contributed by atoms with Crippen molar-refractivity contribution in [2.45, 2.75) is 13.1 Å². The maximum Gasteiger partial charge on any atom is 0.416 e. The van der Waals surface area contributed by atoms with E-state index in [9.17, 15) is 33.3 Å². The van der Waals surface area contributed by atoms with Crippen LogP contribution in [0.1, 0.15) is 16.7 Å². The van der Waals surface area contributed by atoms with Crippen LogP contribution in [-0.2, 0) is 11.0 Å². The molecule has 3 aromatic carbocycles. The topological polar surface area (TPSA) is 105 Å².